The molecule has 4 nitrogen and oxygen atoms in total. The van der Waals surface area contributed by atoms with Crippen molar-refractivity contribution in [2.75, 3.05) is 0 Å². The lowest BCUT2D eigenvalue weighted by atomic mass is 10.00. The van der Waals surface area contributed by atoms with E-state index in [0.717, 1.165) is 33.7 Å². The lowest BCUT2D eigenvalue weighted by Gasteiger charge is -2.11. The average Bonchev–Trinajstić information content (AvgIpc) is 3.84. The lowest BCUT2D eigenvalue weighted by molar-refractivity contribution is 1.09. The van der Waals surface area contributed by atoms with E-state index < -0.39 is 0 Å². The summed E-state index contributed by atoms with van der Waals surface area (Å²) in [6.45, 7) is 0. The van der Waals surface area contributed by atoms with Crippen LogP contribution in [-0.4, -0.2) is 19.1 Å². The van der Waals surface area contributed by atoms with Gasteiger partial charge in [0.2, 0.25) is 0 Å². The topological polar surface area (TPSA) is 35.6 Å². The highest BCUT2D eigenvalue weighted by Crippen LogP contribution is 2.47. The molecule has 240 valence electrons. The predicted molar refractivity (Wildman–Crippen MR) is 216 cm³/mol. The van der Waals surface area contributed by atoms with Gasteiger partial charge in [-0.2, -0.15) is 0 Å². The predicted octanol–water partition coefficient (Wildman–Crippen LogP) is 12.3. The van der Waals surface area contributed by atoms with Gasteiger partial charge in [0.1, 0.15) is 5.82 Å². The molecule has 0 amide bonds. The molecule has 0 saturated heterocycles. The van der Waals surface area contributed by atoms with E-state index in [4.69, 9.17) is 4.98 Å². The fraction of sp³-hybridized carbons (Fsp3) is 0. The van der Waals surface area contributed by atoms with Gasteiger partial charge >= 0.3 is 0 Å². The highest BCUT2D eigenvalue weighted by Gasteiger charge is 2.25. The van der Waals surface area contributed by atoms with Crippen LogP contribution in [0.4, 0.5) is 0 Å². The summed E-state index contributed by atoms with van der Waals surface area (Å²) >= 11 is 0. The molecule has 4 heteroatoms. The zero-order valence-corrected chi connectivity index (χ0v) is 28.0. The maximum absolute atomic E-state index is 5.45. The molecule has 1 aliphatic carbocycles. The molecule has 0 saturated carbocycles. The first-order valence-electron chi connectivity index (χ1n) is 17.7. The molecule has 7 aromatic carbocycles. The normalized spacial score (nSPS) is 12.2. The van der Waals surface area contributed by atoms with Gasteiger partial charge < -0.3 is 4.57 Å². The molecular formula is C48H28N4. The van der Waals surface area contributed by atoms with Crippen molar-refractivity contribution in [1.82, 2.24) is 19.1 Å². The number of hydrogen-bond acceptors (Lipinski definition) is 2. The molecule has 0 fully saturated rings. The van der Waals surface area contributed by atoms with Gasteiger partial charge in [0, 0.05) is 55.3 Å². The van der Waals surface area contributed by atoms with Crippen LogP contribution < -0.4 is 0 Å². The molecule has 0 bridgehead atoms. The first kappa shape index (κ1) is 27.7. The van der Waals surface area contributed by atoms with Crippen LogP contribution in [0, 0.1) is 0 Å². The Morgan fingerprint density at radius 2 is 1.15 bits per heavy atom. The minimum Gasteiger partial charge on any atom is -0.309 e. The van der Waals surface area contributed by atoms with Crippen LogP contribution in [0.2, 0.25) is 0 Å². The van der Waals surface area contributed by atoms with Crippen molar-refractivity contribution in [2.24, 2.45) is 0 Å². The standard InChI is InChI=1S/C48H28N4/c1-2-10-32(11-3-1)51-42-16-7-6-13-34(42)39-27-30(18-22-43(39)51)31-19-23-44-40(28-31)37-20-17-29-9-4-5-12-33(29)48(37)52(44)45-24-21-36-35-25-26-49-41-15-8-14-38(46(35)41)47(36)50-45/h1-28H. The fourth-order valence-electron chi connectivity index (χ4n) is 8.83. The molecule has 11 aromatic rings. The van der Waals surface area contributed by atoms with Gasteiger partial charge in [0.15, 0.2) is 0 Å². The number of pyridine rings is 2. The first-order valence-corrected chi connectivity index (χ1v) is 17.7. The molecule has 1 aliphatic rings. The second-order valence-corrected chi connectivity index (χ2v) is 13.8. The molecule has 0 aliphatic heterocycles. The van der Waals surface area contributed by atoms with Gasteiger partial charge in [-0.05, 0) is 88.8 Å². The SMILES string of the molecule is c1ccc(-n2c3ccccc3c3cc(-c4ccc5c(c4)c4ccc6ccccc6c4n5-c4ccc5c(n4)-c4cccc6nccc-5c46)ccc32)cc1. The highest BCUT2D eigenvalue weighted by atomic mass is 15.1. The molecule has 0 spiro atoms. The van der Waals surface area contributed by atoms with Crippen molar-refractivity contribution in [2.45, 2.75) is 0 Å². The molecule has 4 heterocycles. The van der Waals surface area contributed by atoms with Crippen molar-refractivity contribution in [3.05, 3.63) is 170 Å². The van der Waals surface area contributed by atoms with E-state index in [1.54, 1.807) is 0 Å². The summed E-state index contributed by atoms with van der Waals surface area (Å²) in [6.07, 6.45) is 1.90. The molecule has 0 N–H and O–H groups in total. The molecule has 0 radical (unpaired) electrons. The molecule has 0 unspecified atom stereocenters. The quantitative estimate of drug-likeness (QED) is 0.189. The van der Waals surface area contributed by atoms with E-state index in [2.05, 4.69) is 178 Å². The summed E-state index contributed by atoms with van der Waals surface area (Å²) in [5.74, 6) is 0.913. The van der Waals surface area contributed by atoms with Gasteiger partial charge in [-0.3, -0.25) is 9.55 Å². The number of aromatic nitrogens is 4. The summed E-state index contributed by atoms with van der Waals surface area (Å²) in [7, 11) is 0. The Labute approximate surface area is 298 Å². The van der Waals surface area contributed by atoms with Crippen LogP contribution >= 0.6 is 0 Å². The van der Waals surface area contributed by atoms with Gasteiger partial charge in [-0.15, -0.1) is 0 Å². The summed E-state index contributed by atoms with van der Waals surface area (Å²) in [6, 6.07) is 59.3. The largest absolute Gasteiger partial charge is 0.309 e. The Morgan fingerprint density at radius 3 is 2.02 bits per heavy atom. The van der Waals surface area contributed by atoms with Crippen LogP contribution in [-0.2, 0) is 0 Å². The Hall–Kier alpha value is -7.04. The summed E-state index contributed by atoms with van der Waals surface area (Å²) in [5, 5.41) is 8.54. The van der Waals surface area contributed by atoms with Crippen molar-refractivity contribution in [3.63, 3.8) is 0 Å². The van der Waals surface area contributed by atoms with Crippen LogP contribution in [0.25, 0.3) is 110 Å². The number of para-hydroxylation sites is 2. The second-order valence-electron chi connectivity index (χ2n) is 13.8. The fourth-order valence-corrected chi connectivity index (χ4v) is 8.83. The zero-order chi connectivity index (χ0) is 33.9. The maximum Gasteiger partial charge on any atom is 0.138 e. The lowest BCUT2D eigenvalue weighted by Crippen LogP contribution is -1.99. The van der Waals surface area contributed by atoms with E-state index >= 15 is 0 Å². The van der Waals surface area contributed by atoms with E-state index in [0.29, 0.717) is 0 Å². The Bertz CT molecular complexity index is 3290. The van der Waals surface area contributed by atoms with E-state index in [1.807, 2.05) is 6.20 Å². The molecule has 52 heavy (non-hydrogen) atoms. The second kappa shape index (κ2) is 10.3. The van der Waals surface area contributed by atoms with Gasteiger partial charge in [-0.25, -0.2) is 4.98 Å². The Morgan fingerprint density at radius 1 is 0.423 bits per heavy atom. The first-order chi connectivity index (χ1) is 25.8. The van der Waals surface area contributed by atoms with Gasteiger partial charge in [0.25, 0.3) is 0 Å². The van der Waals surface area contributed by atoms with Crippen molar-refractivity contribution >= 4 is 65.3 Å². The smallest absolute Gasteiger partial charge is 0.138 e. The van der Waals surface area contributed by atoms with E-state index in [1.165, 1.54) is 76.6 Å². The van der Waals surface area contributed by atoms with E-state index in [-0.39, 0.29) is 0 Å². The van der Waals surface area contributed by atoms with Crippen LogP contribution in [0.5, 0.6) is 0 Å². The minimum atomic E-state index is 0.913. The molecule has 12 rings (SSSR count). The molecular weight excluding hydrogens is 633 g/mol. The van der Waals surface area contributed by atoms with Crippen molar-refractivity contribution in [3.8, 4) is 45.0 Å². The third kappa shape index (κ3) is 3.70. The summed E-state index contributed by atoms with van der Waals surface area (Å²) in [4.78, 5) is 10.1. The van der Waals surface area contributed by atoms with Gasteiger partial charge in [0.05, 0.1) is 33.3 Å². The number of nitrogens with zero attached hydrogens (tertiary/aromatic N) is 4. The zero-order valence-electron chi connectivity index (χ0n) is 28.0. The maximum atomic E-state index is 5.45. The number of fused-ring (bicyclic) bond motifs is 11. The monoisotopic (exact) mass is 660 g/mol. The minimum absolute atomic E-state index is 0.913. The highest BCUT2D eigenvalue weighted by molar-refractivity contribution is 6.20. The third-order valence-corrected chi connectivity index (χ3v) is 11.1. The number of rotatable bonds is 3. The van der Waals surface area contributed by atoms with Crippen LogP contribution in [0.1, 0.15) is 0 Å². The van der Waals surface area contributed by atoms with Crippen molar-refractivity contribution < 1.29 is 0 Å². The summed E-state index contributed by atoms with van der Waals surface area (Å²) < 4.78 is 4.74. The van der Waals surface area contributed by atoms with E-state index in [9.17, 15) is 0 Å². The molecule has 4 aromatic heterocycles. The average molecular weight is 661 g/mol. The third-order valence-electron chi connectivity index (χ3n) is 11.1. The summed E-state index contributed by atoms with van der Waals surface area (Å²) in [5.41, 5.74) is 13.8. The Balaban J connectivity index is 1.09. The number of hydrogen-bond donors (Lipinski definition) is 0. The molecule has 0 atom stereocenters. The van der Waals surface area contributed by atoms with Crippen LogP contribution in [0.15, 0.2) is 170 Å². The van der Waals surface area contributed by atoms with Crippen molar-refractivity contribution in [1.29, 1.82) is 0 Å². The Kier molecular flexibility index (Phi) is 5.47. The number of benzene rings is 7. The van der Waals surface area contributed by atoms with Gasteiger partial charge in [-0.1, -0.05) is 97.1 Å². The van der Waals surface area contributed by atoms with Crippen LogP contribution in [0.3, 0.4) is 0 Å².